The van der Waals surface area contributed by atoms with Gasteiger partial charge in [-0.1, -0.05) is 33.1 Å². The van der Waals surface area contributed by atoms with Crippen LogP contribution in [0.25, 0.3) is 0 Å². The molecule has 1 aliphatic rings. The van der Waals surface area contributed by atoms with Crippen molar-refractivity contribution in [1.82, 2.24) is 4.90 Å². The normalized spacial score (nSPS) is 22.7. The zero-order valence-electron chi connectivity index (χ0n) is 11.5. The average Bonchev–Trinajstić information content (AvgIpc) is 2.29. The van der Waals surface area contributed by atoms with Gasteiger partial charge in [0.1, 0.15) is 0 Å². The minimum atomic E-state index is 0.499. The molecule has 0 amide bonds. The van der Waals surface area contributed by atoms with Crippen LogP contribution in [0.3, 0.4) is 0 Å². The topological polar surface area (TPSA) is 3.24 Å². The monoisotopic (exact) mass is 243 g/mol. The summed E-state index contributed by atoms with van der Waals surface area (Å²) in [4.78, 5) is 2.55. The summed E-state index contributed by atoms with van der Waals surface area (Å²) in [7, 11) is 2.28. The van der Waals surface area contributed by atoms with E-state index in [9.17, 15) is 0 Å². The largest absolute Gasteiger partial charge is 0.303 e. The summed E-state index contributed by atoms with van der Waals surface area (Å²) in [6.07, 6.45) is 7.01. The molecule has 1 aliphatic carbocycles. The predicted octanol–water partition coefficient (Wildman–Crippen LogP) is 3.84. The molecule has 1 saturated carbocycles. The van der Waals surface area contributed by atoms with Crippen LogP contribution in [-0.2, 0) is 0 Å². The molecule has 0 aromatic heterocycles. The maximum atomic E-state index is 4.62. The highest BCUT2D eigenvalue weighted by atomic mass is 32.1. The van der Waals surface area contributed by atoms with E-state index >= 15 is 0 Å². The number of thiol groups is 1. The van der Waals surface area contributed by atoms with Gasteiger partial charge in [-0.05, 0) is 43.9 Å². The molecule has 1 nitrogen and oxygen atoms in total. The van der Waals surface area contributed by atoms with Crippen molar-refractivity contribution in [1.29, 1.82) is 0 Å². The van der Waals surface area contributed by atoms with Crippen molar-refractivity contribution in [2.75, 3.05) is 19.3 Å². The molecule has 1 unspecified atom stereocenters. The van der Waals surface area contributed by atoms with Crippen molar-refractivity contribution in [2.24, 2.45) is 11.3 Å². The van der Waals surface area contributed by atoms with E-state index < -0.39 is 0 Å². The second kappa shape index (κ2) is 6.30. The third kappa shape index (κ3) is 3.66. The lowest BCUT2D eigenvalue weighted by Gasteiger charge is -2.41. The molecule has 96 valence electrons. The van der Waals surface area contributed by atoms with Crippen molar-refractivity contribution >= 4 is 12.6 Å². The van der Waals surface area contributed by atoms with Crippen LogP contribution in [-0.4, -0.2) is 30.3 Å². The van der Waals surface area contributed by atoms with Crippen molar-refractivity contribution in [3.05, 3.63) is 0 Å². The van der Waals surface area contributed by atoms with Crippen molar-refractivity contribution in [3.63, 3.8) is 0 Å². The van der Waals surface area contributed by atoms with E-state index in [0.29, 0.717) is 11.5 Å². The zero-order valence-corrected chi connectivity index (χ0v) is 12.4. The number of nitrogens with zero attached hydrogens (tertiary/aromatic N) is 1. The molecule has 0 aliphatic heterocycles. The summed E-state index contributed by atoms with van der Waals surface area (Å²) < 4.78 is 0. The molecule has 0 spiro atoms. The fourth-order valence-corrected chi connectivity index (χ4v) is 3.27. The zero-order chi connectivity index (χ0) is 12.2. The molecule has 0 aromatic carbocycles. The predicted molar refractivity (Wildman–Crippen MR) is 76.3 cm³/mol. The summed E-state index contributed by atoms with van der Waals surface area (Å²) in [6, 6.07) is 0.679. The third-order valence-electron chi connectivity index (χ3n) is 4.49. The van der Waals surface area contributed by atoms with E-state index in [4.69, 9.17) is 0 Å². The Morgan fingerprint density at radius 3 is 2.12 bits per heavy atom. The van der Waals surface area contributed by atoms with Gasteiger partial charge in [0.15, 0.2) is 0 Å². The summed E-state index contributed by atoms with van der Waals surface area (Å²) in [5, 5.41) is 0. The molecule has 1 fully saturated rings. The fraction of sp³-hybridized carbons (Fsp3) is 1.00. The van der Waals surface area contributed by atoms with Crippen LogP contribution in [0.4, 0.5) is 0 Å². The Labute approximate surface area is 107 Å². The van der Waals surface area contributed by atoms with Crippen LogP contribution in [0.5, 0.6) is 0 Å². The molecule has 0 radical (unpaired) electrons. The van der Waals surface area contributed by atoms with E-state index in [1.54, 1.807) is 0 Å². The van der Waals surface area contributed by atoms with Gasteiger partial charge in [-0.25, -0.2) is 0 Å². The Hall–Kier alpha value is 0.310. The first-order chi connectivity index (χ1) is 7.51. The van der Waals surface area contributed by atoms with Gasteiger partial charge < -0.3 is 4.90 Å². The molecular weight excluding hydrogens is 214 g/mol. The summed E-state index contributed by atoms with van der Waals surface area (Å²) in [5.74, 6) is 1.80. The number of hydrogen-bond acceptors (Lipinski definition) is 2. The second-order valence-electron chi connectivity index (χ2n) is 6.12. The van der Waals surface area contributed by atoms with E-state index in [-0.39, 0.29) is 0 Å². The Bertz CT molecular complexity index is 197. The Morgan fingerprint density at radius 2 is 1.69 bits per heavy atom. The van der Waals surface area contributed by atoms with Gasteiger partial charge >= 0.3 is 0 Å². The van der Waals surface area contributed by atoms with Gasteiger partial charge in [-0.2, -0.15) is 12.6 Å². The minimum absolute atomic E-state index is 0.499. The SMILES string of the molecule is CC(C)C(C)N(C)CC1(CS)CCCCC1. The highest BCUT2D eigenvalue weighted by Crippen LogP contribution is 2.38. The van der Waals surface area contributed by atoms with Crippen LogP contribution in [0, 0.1) is 11.3 Å². The Balaban J connectivity index is 2.54. The van der Waals surface area contributed by atoms with E-state index in [0.717, 1.165) is 11.7 Å². The van der Waals surface area contributed by atoms with Crippen molar-refractivity contribution < 1.29 is 0 Å². The van der Waals surface area contributed by atoms with Crippen LogP contribution >= 0.6 is 12.6 Å². The van der Waals surface area contributed by atoms with E-state index in [2.05, 4.69) is 45.3 Å². The third-order valence-corrected chi connectivity index (χ3v) is 5.17. The number of hydrogen-bond donors (Lipinski definition) is 1. The quantitative estimate of drug-likeness (QED) is 0.718. The molecule has 1 rings (SSSR count). The first-order valence-electron chi connectivity index (χ1n) is 6.82. The van der Waals surface area contributed by atoms with Crippen LogP contribution < -0.4 is 0 Å². The van der Waals surface area contributed by atoms with Gasteiger partial charge in [-0.3, -0.25) is 0 Å². The van der Waals surface area contributed by atoms with Crippen LogP contribution in [0.2, 0.25) is 0 Å². The Morgan fingerprint density at radius 1 is 1.12 bits per heavy atom. The van der Waals surface area contributed by atoms with Crippen LogP contribution in [0.1, 0.15) is 52.9 Å². The van der Waals surface area contributed by atoms with E-state index in [1.165, 1.54) is 38.6 Å². The lowest BCUT2D eigenvalue weighted by atomic mass is 9.75. The van der Waals surface area contributed by atoms with Gasteiger partial charge in [0.05, 0.1) is 0 Å². The summed E-state index contributed by atoms with van der Waals surface area (Å²) in [5.41, 5.74) is 0.499. The summed E-state index contributed by atoms with van der Waals surface area (Å²) in [6.45, 7) is 8.21. The Kier molecular flexibility index (Phi) is 5.66. The standard InChI is InChI=1S/C14H29NS/c1-12(2)13(3)15(4)10-14(11-16)8-6-5-7-9-14/h12-13,16H,5-11H2,1-4H3. The van der Waals surface area contributed by atoms with Gasteiger partial charge in [-0.15, -0.1) is 0 Å². The van der Waals surface area contributed by atoms with E-state index in [1.807, 2.05) is 0 Å². The summed E-state index contributed by atoms with van der Waals surface area (Å²) >= 11 is 4.62. The second-order valence-corrected chi connectivity index (χ2v) is 6.43. The molecule has 0 aromatic rings. The maximum Gasteiger partial charge on any atom is 0.00871 e. The van der Waals surface area contributed by atoms with Crippen LogP contribution in [0.15, 0.2) is 0 Å². The smallest absolute Gasteiger partial charge is 0.00871 e. The van der Waals surface area contributed by atoms with Crippen molar-refractivity contribution in [3.8, 4) is 0 Å². The number of rotatable bonds is 5. The molecule has 2 heteroatoms. The highest BCUT2D eigenvalue weighted by molar-refractivity contribution is 7.80. The molecular formula is C14H29NS. The van der Waals surface area contributed by atoms with Gasteiger partial charge in [0.2, 0.25) is 0 Å². The first kappa shape index (κ1) is 14.4. The highest BCUT2D eigenvalue weighted by Gasteiger charge is 2.33. The average molecular weight is 243 g/mol. The maximum absolute atomic E-state index is 4.62. The molecule has 1 atom stereocenters. The van der Waals surface area contributed by atoms with Gasteiger partial charge in [0, 0.05) is 12.6 Å². The molecule has 0 bridgehead atoms. The molecule has 16 heavy (non-hydrogen) atoms. The minimum Gasteiger partial charge on any atom is -0.303 e. The molecule has 0 N–H and O–H groups in total. The molecule has 0 heterocycles. The van der Waals surface area contributed by atoms with Gasteiger partial charge in [0.25, 0.3) is 0 Å². The fourth-order valence-electron chi connectivity index (χ4n) is 2.85. The molecule has 0 saturated heterocycles. The lowest BCUT2D eigenvalue weighted by Crippen LogP contribution is -2.44. The lowest BCUT2D eigenvalue weighted by molar-refractivity contribution is 0.103. The van der Waals surface area contributed by atoms with Crippen molar-refractivity contribution in [2.45, 2.75) is 58.9 Å². The first-order valence-corrected chi connectivity index (χ1v) is 7.45.